The Hall–Kier alpha value is -3.02. The van der Waals surface area contributed by atoms with E-state index in [1.807, 2.05) is 31.1 Å². The zero-order chi connectivity index (χ0) is 16.1. The highest BCUT2D eigenvalue weighted by Gasteiger charge is 2.14. The predicted octanol–water partition coefficient (Wildman–Crippen LogP) is 2.04. The zero-order valence-electron chi connectivity index (χ0n) is 12.3. The van der Waals surface area contributed by atoms with Crippen LogP contribution in [0.25, 0.3) is 0 Å². The van der Waals surface area contributed by atoms with E-state index in [-0.39, 0.29) is 5.75 Å². The number of nitrogens with zero attached hydrogens (tertiary/aromatic N) is 1. The van der Waals surface area contributed by atoms with Gasteiger partial charge in [0.2, 0.25) is 0 Å². The SMILES string of the molecule is CN(C)c1ccc(NC(=O)C(=O)Nc2cccc(O)c2)cc1. The summed E-state index contributed by atoms with van der Waals surface area (Å²) in [5.74, 6) is -1.57. The highest BCUT2D eigenvalue weighted by atomic mass is 16.3. The van der Waals surface area contributed by atoms with Crippen molar-refractivity contribution in [3.63, 3.8) is 0 Å². The van der Waals surface area contributed by atoms with Crippen molar-refractivity contribution in [2.24, 2.45) is 0 Å². The second-order valence-electron chi connectivity index (χ2n) is 4.90. The highest BCUT2D eigenvalue weighted by Crippen LogP contribution is 2.17. The van der Waals surface area contributed by atoms with Gasteiger partial charge in [-0.15, -0.1) is 0 Å². The van der Waals surface area contributed by atoms with Crippen LogP contribution in [0.15, 0.2) is 48.5 Å². The van der Waals surface area contributed by atoms with Crippen LogP contribution in [0, 0.1) is 0 Å². The summed E-state index contributed by atoms with van der Waals surface area (Å²) in [6.07, 6.45) is 0. The Morgan fingerprint density at radius 2 is 1.50 bits per heavy atom. The monoisotopic (exact) mass is 299 g/mol. The molecule has 0 unspecified atom stereocenters. The van der Waals surface area contributed by atoms with Gasteiger partial charge in [0, 0.05) is 37.2 Å². The number of carbonyl (C=O) groups excluding carboxylic acids is 2. The first kappa shape index (κ1) is 15.4. The van der Waals surface area contributed by atoms with Crippen molar-refractivity contribution in [2.45, 2.75) is 0 Å². The van der Waals surface area contributed by atoms with E-state index in [0.717, 1.165) is 5.69 Å². The van der Waals surface area contributed by atoms with Crippen molar-refractivity contribution in [3.8, 4) is 5.75 Å². The van der Waals surface area contributed by atoms with Gasteiger partial charge in [0.25, 0.3) is 0 Å². The van der Waals surface area contributed by atoms with Crippen molar-refractivity contribution in [3.05, 3.63) is 48.5 Å². The Labute approximate surface area is 128 Å². The van der Waals surface area contributed by atoms with E-state index in [1.54, 1.807) is 24.3 Å². The maximum atomic E-state index is 11.8. The molecule has 6 nitrogen and oxygen atoms in total. The van der Waals surface area contributed by atoms with Crippen LogP contribution in [-0.4, -0.2) is 31.0 Å². The van der Waals surface area contributed by atoms with Crippen molar-refractivity contribution in [1.29, 1.82) is 0 Å². The molecule has 2 aromatic carbocycles. The van der Waals surface area contributed by atoms with Crippen molar-refractivity contribution < 1.29 is 14.7 Å². The summed E-state index contributed by atoms with van der Waals surface area (Å²) in [5.41, 5.74) is 1.87. The van der Waals surface area contributed by atoms with Crippen LogP contribution in [0.4, 0.5) is 17.1 Å². The summed E-state index contributed by atoms with van der Waals surface area (Å²) >= 11 is 0. The molecule has 0 radical (unpaired) electrons. The fraction of sp³-hybridized carbons (Fsp3) is 0.125. The number of benzene rings is 2. The summed E-state index contributed by atoms with van der Waals surface area (Å²) < 4.78 is 0. The summed E-state index contributed by atoms with van der Waals surface area (Å²) in [5, 5.41) is 14.2. The predicted molar refractivity (Wildman–Crippen MR) is 86.1 cm³/mol. The van der Waals surface area contributed by atoms with Crippen LogP contribution < -0.4 is 15.5 Å². The molecule has 0 heterocycles. The molecule has 0 aliphatic carbocycles. The molecule has 3 N–H and O–H groups in total. The van der Waals surface area contributed by atoms with Crippen LogP contribution in [0.3, 0.4) is 0 Å². The van der Waals surface area contributed by atoms with Gasteiger partial charge in [-0.3, -0.25) is 9.59 Å². The highest BCUT2D eigenvalue weighted by molar-refractivity contribution is 6.43. The molecule has 0 aromatic heterocycles. The summed E-state index contributed by atoms with van der Waals surface area (Å²) in [6.45, 7) is 0. The van der Waals surface area contributed by atoms with Crippen LogP contribution in [0.5, 0.6) is 5.75 Å². The van der Waals surface area contributed by atoms with Gasteiger partial charge >= 0.3 is 11.8 Å². The molecule has 0 saturated carbocycles. The van der Waals surface area contributed by atoms with Gasteiger partial charge in [0.15, 0.2) is 0 Å². The quantitative estimate of drug-likeness (QED) is 0.758. The lowest BCUT2D eigenvalue weighted by molar-refractivity contribution is -0.132. The Bertz CT molecular complexity index is 681. The standard InChI is InChI=1S/C16H17N3O3/c1-19(2)13-8-6-11(7-9-13)17-15(21)16(22)18-12-4-3-5-14(20)10-12/h3-10,20H,1-2H3,(H,17,21)(H,18,22). The average Bonchev–Trinajstić information content (AvgIpc) is 2.47. The third-order valence-corrected chi connectivity index (χ3v) is 2.95. The second kappa shape index (κ2) is 6.62. The van der Waals surface area contributed by atoms with Crippen molar-refractivity contribution in [2.75, 3.05) is 29.6 Å². The molecule has 2 rings (SSSR count). The topological polar surface area (TPSA) is 81.7 Å². The Kier molecular flexibility index (Phi) is 4.63. The number of hydrogen-bond acceptors (Lipinski definition) is 4. The van der Waals surface area contributed by atoms with Crippen molar-refractivity contribution in [1.82, 2.24) is 0 Å². The van der Waals surface area contributed by atoms with E-state index in [4.69, 9.17) is 0 Å². The first-order valence-electron chi connectivity index (χ1n) is 6.64. The fourth-order valence-corrected chi connectivity index (χ4v) is 1.80. The van der Waals surface area contributed by atoms with Gasteiger partial charge in [0.05, 0.1) is 0 Å². The molecule has 2 aromatic rings. The first-order chi connectivity index (χ1) is 10.5. The zero-order valence-corrected chi connectivity index (χ0v) is 12.3. The number of hydrogen-bond donors (Lipinski definition) is 3. The lowest BCUT2D eigenvalue weighted by Crippen LogP contribution is -2.29. The molecule has 114 valence electrons. The summed E-state index contributed by atoms with van der Waals surface area (Å²) in [4.78, 5) is 25.5. The first-order valence-corrected chi connectivity index (χ1v) is 6.64. The average molecular weight is 299 g/mol. The molecule has 2 amide bonds. The number of nitrogens with one attached hydrogen (secondary N) is 2. The van der Waals surface area contributed by atoms with Crippen LogP contribution >= 0.6 is 0 Å². The number of rotatable bonds is 3. The minimum Gasteiger partial charge on any atom is -0.508 e. The van der Waals surface area contributed by atoms with E-state index >= 15 is 0 Å². The third-order valence-electron chi connectivity index (χ3n) is 2.95. The smallest absolute Gasteiger partial charge is 0.314 e. The minimum atomic E-state index is -0.803. The molecule has 0 spiro atoms. The van der Waals surface area contributed by atoms with E-state index in [0.29, 0.717) is 11.4 Å². The van der Waals surface area contributed by atoms with Crippen LogP contribution in [0.2, 0.25) is 0 Å². The minimum absolute atomic E-state index is 0.0116. The largest absolute Gasteiger partial charge is 0.508 e. The van der Waals surface area contributed by atoms with E-state index in [9.17, 15) is 14.7 Å². The molecule has 0 saturated heterocycles. The number of phenolic OH excluding ortho intramolecular Hbond substituents is 1. The van der Waals surface area contributed by atoms with E-state index in [2.05, 4.69) is 10.6 Å². The molecule has 0 aliphatic heterocycles. The molecule has 0 fully saturated rings. The number of aromatic hydroxyl groups is 1. The summed E-state index contributed by atoms with van der Waals surface area (Å²) in [7, 11) is 3.83. The normalized spacial score (nSPS) is 9.91. The van der Waals surface area contributed by atoms with Gasteiger partial charge in [-0.1, -0.05) is 6.07 Å². The molecule has 0 aliphatic rings. The molecule has 6 heteroatoms. The van der Waals surface area contributed by atoms with Gasteiger partial charge in [-0.25, -0.2) is 0 Å². The lowest BCUT2D eigenvalue weighted by Gasteiger charge is -2.13. The lowest BCUT2D eigenvalue weighted by atomic mass is 10.2. The van der Waals surface area contributed by atoms with Gasteiger partial charge < -0.3 is 20.6 Å². The van der Waals surface area contributed by atoms with Gasteiger partial charge in [-0.2, -0.15) is 0 Å². The Balaban J connectivity index is 1.98. The molecule has 0 bridgehead atoms. The number of carbonyl (C=O) groups is 2. The van der Waals surface area contributed by atoms with Gasteiger partial charge in [0.1, 0.15) is 5.75 Å². The Morgan fingerprint density at radius 3 is 2.05 bits per heavy atom. The van der Waals surface area contributed by atoms with Crippen LogP contribution in [0.1, 0.15) is 0 Å². The maximum Gasteiger partial charge on any atom is 0.314 e. The van der Waals surface area contributed by atoms with Crippen LogP contribution in [-0.2, 0) is 9.59 Å². The molecule has 0 atom stereocenters. The maximum absolute atomic E-state index is 11.8. The van der Waals surface area contributed by atoms with Crippen molar-refractivity contribution >= 4 is 28.9 Å². The third kappa shape index (κ3) is 3.99. The van der Waals surface area contributed by atoms with E-state index < -0.39 is 11.8 Å². The summed E-state index contributed by atoms with van der Waals surface area (Å²) in [6, 6.07) is 13.1. The number of amides is 2. The molecular formula is C16H17N3O3. The number of phenols is 1. The Morgan fingerprint density at radius 1 is 0.909 bits per heavy atom. The molecular weight excluding hydrogens is 282 g/mol. The second-order valence-corrected chi connectivity index (χ2v) is 4.90. The molecule has 22 heavy (non-hydrogen) atoms. The number of anilines is 3. The fourth-order valence-electron chi connectivity index (χ4n) is 1.80. The van der Waals surface area contributed by atoms with E-state index in [1.165, 1.54) is 12.1 Å². The van der Waals surface area contributed by atoms with Gasteiger partial charge in [-0.05, 0) is 36.4 Å².